The lowest BCUT2D eigenvalue weighted by atomic mass is 10.0. The van der Waals surface area contributed by atoms with Gasteiger partial charge in [-0.05, 0) is 24.1 Å². The molecule has 0 bridgehead atoms. The smallest absolute Gasteiger partial charge is 0.220 e. The van der Waals surface area contributed by atoms with Crippen LogP contribution >= 0.6 is 0 Å². The number of hydrogen-bond acceptors (Lipinski definition) is 2. The van der Waals surface area contributed by atoms with Gasteiger partial charge in [-0.1, -0.05) is 19.1 Å². The first-order chi connectivity index (χ1) is 6.09. The highest BCUT2D eigenvalue weighted by Crippen LogP contribution is 2.13. The second kappa shape index (κ2) is 3.94. The van der Waals surface area contributed by atoms with Gasteiger partial charge in [0.1, 0.15) is 5.75 Å². The Morgan fingerprint density at radius 2 is 2.00 bits per heavy atom. The third-order valence-corrected chi connectivity index (χ3v) is 1.96. The van der Waals surface area contributed by atoms with Gasteiger partial charge in [0.15, 0.2) is 0 Å². The number of phenolic OH excluding ortho intramolecular Hbond substituents is 1. The number of carbonyl (C=O) groups excluding carboxylic acids is 1. The number of hydrogen-bond donors (Lipinski definition) is 2. The fourth-order valence-corrected chi connectivity index (χ4v) is 1.09. The van der Waals surface area contributed by atoms with Crippen LogP contribution in [0.2, 0.25) is 0 Å². The van der Waals surface area contributed by atoms with Gasteiger partial charge in [-0.15, -0.1) is 0 Å². The van der Waals surface area contributed by atoms with E-state index in [1.165, 1.54) is 0 Å². The molecule has 0 aliphatic heterocycles. The van der Waals surface area contributed by atoms with E-state index in [4.69, 9.17) is 10.8 Å². The first-order valence-electron chi connectivity index (χ1n) is 4.17. The van der Waals surface area contributed by atoms with Gasteiger partial charge >= 0.3 is 0 Å². The lowest BCUT2D eigenvalue weighted by Gasteiger charge is -2.06. The molecule has 1 amide bonds. The van der Waals surface area contributed by atoms with E-state index >= 15 is 0 Å². The third-order valence-electron chi connectivity index (χ3n) is 1.96. The van der Waals surface area contributed by atoms with E-state index in [2.05, 4.69) is 0 Å². The van der Waals surface area contributed by atoms with Crippen molar-refractivity contribution in [3.63, 3.8) is 0 Å². The van der Waals surface area contributed by atoms with Crippen LogP contribution in [-0.4, -0.2) is 11.0 Å². The summed E-state index contributed by atoms with van der Waals surface area (Å²) < 4.78 is 0. The second-order valence-electron chi connectivity index (χ2n) is 3.17. The Kier molecular flexibility index (Phi) is 2.90. The maximum Gasteiger partial charge on any atom is 0.220 e. The van der Waals surface area contributed by atoms with Crippen LogP contribution in [0, 0.1) is 5.92 Å². The minimum atomic E-state index is -0.298. The molecule has 0 aliphatic rings. The number of benzene rings is 1. The molecule has 0 unspecified atom stereocenters. The molecule has 1 aromatic carbocycles. The minimum Gasteiger partial charge on any atom is -0.508 e. The predicted molar refractivity (Wildman–Crippen MR) is 50.2 cm³/mol. The van der Waals surface area contributed by atoms with Crippen LogP contribution in [0.3, 0.4) is 0 Å². The number of phenols is 1. The van der Waals surface area contributed by atoms with Crippen LogP contribution in [0.4, 0.5) is 0 Å². The summed E-state index contributed by atoms with van der Waals surface area (Å²) in [7, 11) is 0. The van der Waals surface area contributed by atoms with Crippen LogP contribution < -0.4 is 5.73 Å². The molecule has 0 heterocycles. The molecule has 1 aromatic rings. The number of amides is 1. The Bertz CT molecular complexity index is 292. The molecule has 0 fully saturated rings. The van der Waals surface area contributed by atoms with Crippen LogP contribution in [0.5, 0.6) is 5.75 Å². The molecule has 0 aliphatic carbocycles. The topological polar surface area (TPSA) is 63.3 Å². The van der Waals surface area contributed by atoms with Crippen LogP contribution in [0.15, 0.2) is 24.3 Å². The standard InChI is InChI=1S/C10H13NO2/c1-7(10(11)13)6-8-2-4-9(12)5-3-8/h2-5,7,12H,6H2,1H3,(H2,11,13)/t7-/m0/s1. The maximum atomic E-state index is 10.7. The van der Waals surface area contributed by atoms with Gasteiger partial charge in [-0.25, -0.2) is 0 Å². The highest BCUT2D eigenvalue weighted by atomic mass is 16.3. The normalized spacial score (nSPS) is 12.4. The summed E-state index contributed by atoms with van der Waals surface area (Å²) in [6.07, 6.45) is 0.621. The Morgan fingerprint density at radius 3 is 2.46 bits per heavy atom. The number of aromatic hydroxyl groups is 1. The highest BCUT2D eigenvalue weighted by Gasteiger charge is 2.08. The Hall–Kier alpha value is -1.51. The molecule has 70 valence electrons. The van der Waals surface area contributed by atoms with Crippen molar-refractivity contribution >= 4 is 5.91 Å². The molecule has 1 atom stereocenters. The van der Waals surface area contributed by atoms with Crippen molar-refractivity contribution in [2.45, 2.75) is 13.3 Å². The van der Waals surface area contributed by atoms with Crippen LogP contribution in [-0.2, 0) is 11.2 Å². The molecule has 3 nitrogen and oxygen atoms in total. The zero-order valence-corrected chi connectivity index (χ0v) is 7.53. The summed E-state index contributed by atoms with van der Waals surface area (Å²) in [6, 6.07) is 6.77. The van der Waals surface area contributed by atoms with Gasteiger partial charge in [0.05, 0.1) is 0 Å². The van der Waals surface area contributed by atoms with Gasteiger partial charge in [0.25, 0.3) is 0 Å². The van der Waals surface area contributed by atoms with E-state index in [1.54, 1.807) is 31.2 Å². The van der Waals surface area contributed by atoms with E-state index in [-0.39, 0.29) is 17.6 Å². The average molecular weight is 179 g/mol. The maximum absolute atomic E-state index is 10.7. The molecule has 3 heteroatoms. The lowest BCUT2D eigenvalue weighted by molar-refractivity contribution is -0.121. The summed E-state index contributed by atoms with van der Waals surface area (Å²) in [5.41, 5.74) is 6.13. The summed E-state index contributed by atoms with van der Waals surface area (Å²) in [5, 5.41) is 9.01. The number of carbonyl (C=O) groups is 1. The average Bonchev–Trinajstić information content (AvgIpc) is 2.08. The molecular formula is C10H13NO2. The van der Waals surface area contributed by atoms with Crippen molar-refractivity contribution in [2.24, 2.45) is 11.7 Å². The molecular weight excluding hydrogens is 166 g/mol. The minimum absolute atomic E-state index is 0.162. The molecule has 0 saturated heterocycles. The molecule has 13 heavy (non-hydrogen) atoms. The summed E-state index contributed by atoms with van der Waals surface area (Å²) in [6.45, 7) is 1.79. The lowest BCUT2D eigenvalue weighted by Crippen LogP contribution is -2.22. The van der Waals surface area contributed by atoms with Crippen LogP contribution in [0.1, 0.15) is 12.5 Å². The Balaban J connectivity index is 2.64. The quantitative estimate of drug-likeness (QED) is 0.728. The van der Waals surface area contributed by atoms with Crippen molar-refractivity contribution < 1.29 is 9.90 Å². The second-order valence-corrected chi connectivity index (χ2v) is 3.17. The van der Waals surface area contributed by atoms with Gasteiger partial charge < -0.3 is 10.8 Å². The van der Waals surface area contributed by atoms with Crippen molar-refractivity contribution in [3.05, 3.63) is 29.8 Å². The monoisotopic (exact) mass is 179 g/mol. The molecule has 0 aromatic heterocycles. The number of nitrogens with two attached hydrogens (primary N) is 1. The summed E-state index contributed by atoms with van der Waals surface area (Å²) in [4.78, 5) is 10.7. The van der Waals surface area contributed by atoms with Crippen molar-refractivity contribution in [3.8, 4) is 5.75 Å². The van der Waals surface area contributed by atoms with Crippen molar-refractivity contribution in [1.29, 1.82) is 0 Å². The molecule has 1 rings (SSSR count). The first kappa shape index (κ1) is 9.58. The largest absolute Gasteiger partial charge is 0.508 e. The number of primary amides is 1. The first-order valence-corrected chi connectivity index (χ1v) is 4.17. The van der Waals surface area contributed by atoms with E-state index in [0.717, 1.165) is 5.56 Å². The molecule has 0 spiro atoms. The van der Waals surface area contributed by atoms with E-state index in [9.17, 15) is 4.79 Å². The zero-order chi connectivity index (χ0) is 9.84. The summed E-state index contributed by atoms with van der Waals surface area (Å²) >= 11 is 0. The van der Waals surface area contributed by atoms with Crippen molar-refractivity contribution in [1.82, 2.24) is 0 Å². The fourth-order valence-electron chi connectivity index (χ4n) is 1.09. The van der Waals surface area contributed by atoms with E-state index in [0.29, 0.717) is 6.42 Å². The summed E-state index contributed by atoms with van der Waals surface area (Å²) in [5.74, 6) is -0.229. The van der Waals surface area contributed by atoms with E-state index < -0.39 is 0 Å². The molecule has 0 radical (unpaired) electrons. The van der Waals surface area contributed by atoms with Gasteiger partial charge in [-0.2, -0.15) is 0 Å². The van der Waals surface area contributed by atoms with Crippen LogP contribution in [0.25, 0.3) is 0 Å². The Morgan fingerprint density at radius 1 is 1.46 bits per heavy atom. The fraction of sp³-hybridized carbons (Fsp3) is 0.300. The SMILES string of the molecule is C[C@@H](Cc1ccc(O)cc1)C(N)=O. The van der Waals surface area contributed by atoms with Gasteiger partial charge in [0, 0.05) is 5.92 Å². The van der Waals surface area contributed by atoms with Crippen molar-refractivity contribution in [2.75, 3.05) is 0 Å². The highest BCUT2D eigenvalue weighted by molar-refractivity contribution is 5.76. The van der Waals surface area contributed by atoms with E-state index in [1.807, 2.05) is 0 Å². The zero-order valence-electron chi connectivity index (χ0n) is 7.53. The predicted octanol–water partition coefficient (Wildman–Crippen LogP) is 1.06. The Labute approximate surface area is 77.2 Å². The van der Waals surface area contributed by atoms with Gasteiger partial charge in [-0.3, -0.25) is 4.79 Å². The number of rotatable bonds is 3. The molecule has 3 N–H and O–H groups in total. The molecule has 0 saturated carbocycles. The third kappa shape index (κ3) is 2.78. The van der Waals surface area contributed by atoms with Gasteiger partial charge in [0.2, 0.25) is 5.91 Å².